The fraction of sp³-hybridized carbons (Fsp3) is 0.125. The van der Waals surface area contributed by atoms with Crippen LogP contribution in [-0.4, -0.2) is 16.4 Å². The highest BCUT2D eigenvalue weighted by atomic mass is 35.5. The van der Waals surface area contributed by atoms with Gasteiger partial charge < -0.3 is 0 Å². The molecule has 0 radical (unpaired) electrons. The van der Waals surface area contributed by atoms with Gasteiger partial charge in [0.15, 0.2) is 0 Å². The summed E-state index contributed by atoms with van der Waals surface area (Å²) in [5.74, 6) is 0. The van der Waals surface area contributed by atoms with Crippen molar-refractivity contribution in [3.63, 3.8) is 0 Å². The summed E-state index contributed by atoms with van der Waals surface area (Å²) in [6.45, 7) is 0. The van der Waals surface area contributed by atoms with Crippen LogP contribution < -0.4 is 0 Å². The number of aromatic nitrogens is 2. The van der Waals surface area contributed by atoms with E-state index in [0.717, 1.165) is 6.08 Å². The van der Waals surface area contributed by atoms with Crippen LogP contribution in [0.1, 0.15) is 0 Å². The van der Waals surface area contributed by atoms with Crippen molar-refractivity contribution in [1.29, 1.82) is 0 Å². The lowest BCUT2D eigenvalue weighted by Crippen LogP contribution is -2.10. The first-order valence-electron chi connectivity index (χ1n) is 3.94. The van der Waals surface area contributed by atoms with Crippen LogP contribution in [0.2, 0.25) is 0 Å². The summed E-state index contributed by atoms with van der Waals surface area (Å²) < 4.78 is 37.8. The van der Waals surface area contributed by atoms with Gasteiger partial charge in [0.25, 0.3) is 0 Å². The molecule has 82 valence electrons. The van der Waals surface area contributed by atoms with E-state index in [2.05, 4.69) is 10.2 Å². The Morgan fingerprint density at radius 3 is 2.67 bits per heavy atom. The molecule has 0 bridgehead atoms. The standard InChI is InChI=1S/C8H6ClF3N2S/c9-5-3-6(8(10,11)12)15(4-5)7-1-2-13-14-7/h1-4,15H,(H,13,14). The minimum absolute atomic E-state index is 0.122. The lowest BCUT2D eigenvalue weighted by molar-refractivity contribution is -0.0836. The number of nitrogens with zero attached hydrogens (tertiary/aromatic N) is 1. The molecule has 2 rings (SSSR count). The van der Waals surface area contributed by atoms with E-state index in [-0.39, 0.29) is 5.03 Å². The minimum atomic E-state index is -4.35. The molecule has 0 saturated carbocycles. The molecule has 0 fully saturated rings. The van der Waals surface area contributed by atoms with Crippen molar-refractivity contribution in [2.45, 2.75) is 11.2 Å². The Balaban J connectivity index is 2.38. The van der Waals surface area contributed by atoms with Crippen LogP contribution in [0.15, 0.2) is 38.7 Å². The molecular weight excluding hydrogens is 249 g/mol. The smallest absolute Gasteiger partial charge is 0.285 e. The average Bonchev–Trinajstić information content (AvgIpc) is 2.68. The average molecular weight is 255 g/mol. The van der Waals surface area contributed by atoms with Gasteiger partial charge in [0.2, 0.25) is 0 Å². The normalized spacial score (nSPS) is 23.9. The summed E-state index contributed by atoms with van der Waals surface area (Å²) >= 11 is 5.59. The highest BCUT2D eigenvalue weighted by Gasteiger charge is 2.40. The Bertz CT molecular complexity index is 422. The third-order valence-electron chi connectivity index (χ3n) is 1.81. The van der Waals surface area contributed by atoms with E-state index in [9.17, 15) is 13.2 Å². The van der Waals surface area contributed by atoms with E-state index in [1.54, 1.807) is 0 Å². The third kappa shape index (κ3) is 2.05. The minimum Gasteiger partial charge on any atom is -0.285 e. The number of alkyl halides is 3. The number of thiol groups is 1. The zero-order valence-electron chi connectivity index (χ0n) is 7.22. The predicted molar refractivity (Wildman–Crippen MR) is 53.9 cm³/mol. The number of aromatic amines is 1. The number of hydrogen-bond donors (Lipinski definition) is 2. The number of allylic oxidation sites excluding steroid dienone is 3. The van der Waals surface area contributed by atoms with Gasteiger partial charge in [-0.15, -0.1) is 0 Å². The summed E-state index contributed by atoms with van der Waals surface area (Å²) in [4.78, 5) is -0.616. The molecule has 15 heavy (non-hydrogen) atoms. The molecule has 0 spiro atoms. The summed E-state index contributed by atoms with van der Waals surface area (Å²) in [6, 6.07) is 1.53. The van der Waals surface area contributed by atoms with Gasteiger partial charge in [0.1, 0.15) is 5.03 Å². The second-order valence-corrected chi connectivity index (χ2v) is 5.22. The molecule has 2 nitrogen and oxygen atoms in total. The molecule has 0 saturated heterocycles. The Morgan fingerprint density at radius 2 is 2.13 bits per heavy atom. The van der Waals surface area contributed by atoms with Crippen LogP contribution in [0.5, 0.6) is 0 Å². The van der Waals surface area contributed by atoms with Gasteiger partial charge in [-0.3, -0.25) is 5.10 Å². The maximum atomic E-state index is 12.6. The van der Waals surface area contributed by atoms with Gasteiger partial charge in [-0.2, -0.15) is 29.2 Å². The van der Waals surface area contributed by atoms with Crippen molar-refractivity contribution >= 4 is 22.5 Å². The SMILES string of the molecule is FC(F)(F)C1=CC(Cl)=C[SH]1c1cc[nH]n1. The van der Waals surface area contributed by atoms with E-state index in [1.807, 2.05) is 0 Å². The number of nitrogens with one attached hydrogen (secondary N) is 1. The molecule has 1 aliphatic rings. The topological polar surface area (TPSA) is 28.7 Å². The van der Waals surface area contributed by atoms with Crippen LogP contribution in [0.3, 0.4) is 0 Å². The zero-order chi connectivity index (χ0) is 11.1. The quantitative estimate of drug-likeness (QED) is 0.740. The van der Waals surface area contributed by atoms with Crippen molar-refractivity contribution in [3.05, 3.63) is 33.7 Å². The summed E-state index contributed by atoms with van der Waals surface area (Å²) in [5, 5.41) is 8.15. The Kier molecular flexibility index (Phi) is 2.56. The lowest BCUT2D eigenvalue weighted by Gasteiger charge is -2.17. The van der Waals surface area contributed by atoms with Gasteiger partial charge >= 0.3 is 6.18 Å². The number of H-pyrrole nitrogens is 1. The Labute approximate surface area is 91.2 Å². The maximum Gasteiger partial charge on any atom is 0.421 e. The van der Waals surface area contributed by atoms with Gasteiger partial charge in [0, 0.05) is 11.2 Å². The Morgan fingerprint density at radius 1 is 1.40 bits per heavy atom. The molecule has 2 heterocycles. The molecule has 7 heteroatoms. The molecule has 1 atom stereocenters. The van der Waals surface area contributed by atoms with E-state index >= 15 is 0 Å². The summed E-state index contributed by atoms with van der Waals surface area (Å²) in [6.07, 6.45) is -1.90. The fourth-order valence-corrected chi connectivity index (χ4v) is 3.49. The van der Waals surface area contributed by atoms with Crippen LogP contribution in [0.4, 0.5) is 13.2 Å². The first-order valence-corrected chi connectivity index (χ1v) is 5.72. The van der Waals surface area contributed by atoms with Gasteiger partial charge in [-0.1, -0.05) is 11.6 Å². The van der Waals surface area contributed by atoms with Crippen molar-refractivity contribution in [1.82, 2.24) is 10.2 Å². The predicted octanol–water partition coefficient (Wildman–Crippen LogP) is 3.31. The first kappa shape index (κ1) is 10.6. The van der Waals surface area contributed by atoms with E-state index in [4.69, 9.17) is 11.6 Å². The molecule has 0 aliphatic carbocycles. The lowest BCUT2D eigenvalue weighted by atomic mass is 10.5. The van der Waals surface area contributed by atoms with E-state index < -0.39 is 22.0 Å². The third-order valence-corrected chi connectivity index (χ3v) is 4.36. The Hall–Kier alpha value is -0.880. The number of halogens is 4. The molecule has 0 aromatic carbocycles. The van der Waals surface area contributed by atoms with Crippen LogP contribution in [0, 0.1) is 0 Å². The van der Waals surface area contributed by atoms with Crippen LogP contribution >= 0.6 is 22.5 Å². The van der Waals surface area contributed by atoms with E-state index in [1.165, 1.54) is 17.7 Å². The van der Waals surface area contributed by atoms with Crippen molar-refractivity contribution in [2.24, 2.45) is 0 Å². The summed E-state index contributed by atoms with van der Waals surface area (Å²) in [7, 11) is -1.59. The second-order valence-electron chi connectivity index (χ2n) is 2.84. The van der Waals surface area contributed by atoms with Gasteiger partial charge in [-0.05, 0) is 17.6 Å². The van der Waals surface area contributed by atoms with Crippen molar-refractivity contribution in [2.75, 3.05) is 0 Å². The molecule has 0 amide bonds. The first-order chi connectivity index (χ1) is 6.98. The largest absolute Gasteiger partial charge is 0.421 e. The van der Waals surface area contributed by atoms with Gasteiger partial charge in [-0.25, -0.2) is 0 Å². The van der Waals surface area contributed by atoms with Crippen LogP contribution in [0.25, 0.3) is 0 Å². The zero-order valence-corrected chi connectivity index (χ0v) is 8.87. The summed E-state index contributed by atoms with van der Waals surface area (Å²) in [5.41, 5.74) is 0. The molecule has 1 N–H and O–H groups in total. The molecule has 1 aromatic rings. The van der Waals surface area contributed by atoms with Crippen molar-refractivity contribution in [3.8, 4) is 0 Å². The van der Waals surface area contributed by atoms with Crippen LogP contribution in [-0.2, 0) is 0 Å². The van der Waals surface area contributed by atoms with E-state index in [0.29, 0.717) is 5.03 Å². The fourth-order valence-electron chi connectivity index (χ4n) is 1.22. The number of hydrogen-bond acceptors (Lipinski definition) is 1. The number of rotatable bonds is 1. The highest BCUT2D eigenvalue weighted by molar-refractivity contribution is 8.23. The van der Waals surface area contributed by atoms with Crippen molar-refractivity contribution < 1.29 is 13.2 Å². The highest BCUT2D eigenvalue weighted by Crippen LogP contribution is 2.55. The molecular formula is C8H6ClF3N2S. The molecule has 1 unspecified atom stereocenters. The molecule has 1 aliphatic heterocycles. The maximum absolute atomic E-state index is 12.6. The monoisotopic (exact) mass is 254 g/mol. The van der Waals surface area contributed by atoms with Gasteiger partial charge in [0.05, 0.1) is 4.91 Å². The second kappa shape index (κ2) is 3.61. The molecule has 1 aromatic heterocycles.